The van der Waals surface area contributed by atoms with Crippen LogP contribution >= 0.6 is 0 Å². The van der Waals surface area contributed by atoms with Crippen LogP contribution in [0.4, 0.5) is 4.79 Å². The Balaban J connectivity index is 2.48. The van der Waals surface area contributed by atoms with Gasteiger partial charge in [-0.1, -0.05) is 6.92 Å². The molecule has 1 N–H and O–H groups in total. The molecule has 1 aliphatic rings. The Bertz CT molecular complexity index is 275. The van der Waals surface area contributed by atoms with Gasteiger partial charge in [0.1, 0.15) is 5.60 Å². The lowest BCUT2D eigenvalue weighted by atomic mass is 10.00. The fourth-order valence-electron chi connectivity index (χ4n) is 1.98. The fraction of sp³-hybridized carbons (Fsp3) is 0.923. The number of alkyl carbamates (subject to hydrolysis) is 1. The highest BCUT2D eigenvalue weighted by atomic mass is 16.6. The number of hydrogen-bond acceptors (Lipinski definition) is 4. The first kappa shape index (κ1) is 15.2. The van der Waals surface area contributed by atoms with Crippen molar-refractivity contribution in [1.82, 2.24) is 5.32 Å². The van der Waals surface area contributed by atoms with Gasteiger partial charge in [0, 0.05) is 13.5 Å². The van der Waals surface area contributed by atoms with Gasteiger partial charge >= 0.3 is 6.09 Å². The maximum absolute atomic E-state index is 11.7. The van der Waals surface area contributed by atoms with Crippen molar-refractivity contribution < 1.29 is 19.0 Å². The molecule has 1 saturated heterocycles. The highest BCUT2D eigenvalue weighted by Gasteiger charge is 2.32. The van der Waals surface area contributed by atoms with E-state index in [-0.39, 0.29) is 18.2 Å². The predicted octanol–water partition coefficient (Wildman–Crippen LogP) is 2.09. The van der Waals surface area contributed by atoms with Gasteiger partial charge < -0.3 is 19.5 Å². The highest BCUT2D eigenvalue weighted by Crippen LogP contribution is 2.19. The van der Waals surface area contributed by atoms with Gasteiger partial charge in [-0.25, -0.2) is 4.79 Å². The van der Waals surface area contributed by atoms with Crippen molar-refractivity contribution in [2.45, 2.75) is 64.4 Å². The summed E-state index contributed by atoms with van der Waals surface area (Å²) in [5.74, 6) is 0. The van der Waals surface area contributed by atoms with Crippen LogP contribution in [0.25, 0.3) is 0 Å². The molecule has 1 heterocycles. The summed E-state index contributed by atoms with van der Waals surface area (Å²) < 4.78 is 16.3. The Morgan fingerprint density at radius 3 is 2.61 bits per heavy atom. The summed E-state index contributed by atoms with van der Waals surface area (Å²) in [5.41, 5.74) is -0.492. The molecule has 3 atom stereocenters. The van der Waals surface area contributed by atoms with Crippen molar-refractivity contribution in [2.24, 2.45) is 0 Å². The van der Waals surface area contributed by atoms with E-state index in [1.807, 2.05) is 20.8 Å². The Morgan fingerprint density at radius 1 is 1.44 bits per heavy atom. The Morgan fingerprint density at radius 2 is 2.11 bits per heavy atom. The van der Waals surface area contributed by atoms with Crippen LogP contribution < -0.4 is 5.32 Å². The summed E-state index contributed by atoms with van der Waals surface area (Å²) in [6.07, 6.45) is 1.53. The molecule has 5 nitrogen and oxygen atoms in total. The maximum atomic E-state index is 11.7. The van der Waals surface area contributed by atoms with E-state index in [1.54, 1.807) is 7.11 Å². The molecular weight excluding hydrogens is 234 g/mol. The molecule has 0 aromatic heterocycles. The molecule has 0 unspecified atom stereocenters. The van der Waals surface area contributed by atoms with E-state index in [1.165, 1.54) is 0 Å². The minimum atomic E-state index is -0.492. The summed E-state index contributed by atoms with van der Waals surface area (Å²) in [5, 5.41) is 2.81. The molecule has 106 valence electrons. The van der Waals surface area contributed by atoms with E-state index in [0.717, 1.165) is 12.8 Å². The van der Waals surface area contributed by atoms with E-state index in [0.29, 0.717) is 6.61 Å². The molecule has 0 aliphatic carbocycles. The smallest absolute Gasteiger partial charge is 0.408 e. The van der Waals surface area contributed by atoms with Crippen LogP contribution in [0.1, 0.15) is 40.5 Å². The second kappa shape index (κ2) is 6.38. The maximum Gasteiger partial charge on any atom is 0.408 e. The van der Waals surface area contributed by atoms with E-state index in [4.69, 9.17) is 14.2 Å². The van der Waals surface area contributed by atoms with Crippen LogP contribution in [-0.2, 0) is 14.2 Å². The summed E-state index contributed by atoms with van der Waals surface area (Å²) in [4.78, 5) is 11.7. The van der Waals surface area contributed by atoms with Crippen LogP contribution in [0.2, 0.25) is 0 Å². The Hall–Kier alpha value is -0.810. The zero-order valence-corrected chi connectivity index (χ0v) is 12.0. The largest absolute Gasteiger partial charge is 0.444 e. The van der Waals surface area contributed by atoms with E-state index < -0.39 is 11.7 Å². The standard InChI is InChI=1S/C13H25NO4/c1-6-9-7-11(16-5)10(8-17-9)14-12(15)18-13(2,3)4/h9-11H,6-8H2,1-5H3,(H,14,15)/t9-,10+,11-/m1/s1. The average molecular weight is 259 g/mol. The van der Waals surface area contributed by atoms with Crippen LogP contribution in [0.5, 0.6) is 0 Å². The first-order valence-electron chi connectivity index (χ1n) is 6.49. The molecule has 1 aliphatic heterocycles. The van der Waals surface area contributed by atoms with Gasteiger partial charge in [0.2, 0.25) is 0 Å². The Labute approximate surface area is 109 Å². The van der Waals surface area contributed by atoms with Crippen LogP contribution in [0, 0.1) is 0 Å². The molecule has 1 rings (SSSR count). The third kappa shape index (κ3) is 4.82. The second-order valence-electron chi connectivity index (χ2n) is 5.63. The molecule has 18 heavy (non-hydrogen) atoms. The van der Waals surface area contributed by atoms with E-state index in [9.17, 15) is 4.79 Å². The molecule has 0 aromatic carbocycles. The molecular formula is C13H25NO4. The lowest BCUT2D eigenvalue weighted by molar-refractivity contribution is -0.0813. The van der Waals surface area contributed by atoms with Gasteiger partial charge in [-0.2, -0.15) is 0 Å². The number of nitrogens with one attached hydrogen (secondary N) is 1. The van der Waals surface area contributed by atoms with Gasteiger partial charge in [-0.15, -0.1) is 0 Å². The topological polar surface area (TPSA) is 56.8 Å². The van der Waals surface area contributed by atoms with Crippen molar-refractivity contribution in [2.75, 3.05) is 13.7 Å². The molecule has 0 saturated carbocycles. The van der Waals surface area contributed by atoms with Gasteiger partial charge in [-0.3, -0.25) is 0 Å². The monoisotopic (exact) mass is 259 g/mol. The summed E-state index contributed by atoms with van der Waals surface area (Å²) in [6, 6.07) is -0.146. The number of ether oxygens (including phenoxy) is 3. The number of carbonyl (C=O) groups is 1. The van der Waals surface area contributed by atoms with Gasteiger partial charge in [0.05, 0.1) is 24.9 Å². The van der Waals surface area contributed by atoms with E-state index in [2.05, 4.69) is 12.2 Å². The number of hydrogen-bond donors (Lipinski definition) is 1. The summed E-state index contributed by atoms with van der Waals surface area (Å²) in [6.45, 7) is 8.07. The van der Waals surface area contributed by atoms with E-state index >= 15 is 0 Å². The quantitative estimate of drug-likeness (QED) is 0.843. The number of carbonyl (C=O) groups excluding carboxylic acids is 1. The average Bonchev–Trinajstić information content (AvgIpc) is 2.27. The first-order chi connectivity index (χ1) is 8.35. The molecule has 1 amide bonds. The zero-order valence-electron chi connectivity index (χ0n) is 12.0. The lowest BCUT2D eigenvalue weighted by Gasteiger charge is -2.35. The molecule has 5 heteroatoms. The van der Waals surface area contributed by atoms with Gasteiger partial charge in [-0.05, 0) is 27.2 Å². The summed E-state index contributed by atoms with van der Waals surface area (Å²) in [7, 11) is 1.66. The van der Waals surface area contributed by atoms with Gasteiger partial charge in [0.15, 0.2) is 0 Å². The minimum Gasteiger partial charge on any atom is -0.444 e. The van der Waals surface area contributed by atoms with Crippen molar-refractivity contribution in [1.29, 1.82) is 0 Å². The highest BCUT2D eigenvalue weighted by molar-refractivity contribution is 5.68. The third-order valence-electron chi connectivity index (χ3n) is 2.92. The summed E-state index contributed by atoms with van der Waals surface area (Å²) >= 11 is 0. The van der Waals surface area contributed by atoms with Crippen molar-refractivity contribution in [3.63, 3.8) is 0 Å². The van der Waals surface area contributed by atoms with Gasteiger partial charge in [0.25, 0.3) is 0 Å². The fourth-order valence-corrected chi connectivity index (χ4v) is 1.98. The normalized spacial score (nSPS) is 28.8. The number of amides is 1. The second-order valence-corrected chi connectivity index (χ2v) is 5.63. The first-order valence-corrected chi connectivity index (χ1v) is 6.49. The van der Waals surface area contributed by atoms with Crippen LogP contribution in [0.3, 0.4) is 0 Å². The molecule has 0 bridgehead atoms. The SMILES string of the molecule is CC[C@@H]1C[C@@H](OC)[C@@H](NC(=O)OC(C)(C)C)CO1. The van der Waals surface area contributed by atoms with Crippen LogP contribution in [0.15, 0.2) is 0 Å². The van der Waals surface area contributed by atoms with Crippen LogP contribution in [-0.4, -0.2) is 43.7 Å². The molecule has 0 spiro atoms. The number of rotatable bonds is 3. The van der Waals surface area contributed by atoms with Crippen molar-refractivity contribution >= 4 is 6.09 Å². The molecule has 1 fully saturated rings. The zero-order chi connectivity index (χ0) is 13.8. The van der Waals surface area contributed by atoms with Crippen molar-refractivity contribution in [3.05, 3.63) is 0 Å². The molecule has 0 aromatic rings. The predicted molar refractivity (Wildman–Crippen MR) is 68.6 cm³/mol. The minimum absolute atomic E-state index is 0.0174. The molecule has 0 radical (unpaired) electrons. The third-order valence-corrected chi connectivity index (χ3v) is 2.92. The van der Waals surface area contributed by atoms with Crippen molar-refractivity contribution in [3.8, 4) is 0 Å². The lowest BCUT2D eigenvalue weighted by Crippen LogP contribution is -2.53. The number of methoxy groups -OCH3 is 1. The Kier molecular flexibility index (Phi) is 5.41.